The fraction of sp³-hybridized carbons (Fsp3) is 0.389. The standard InChI is InChI=1S/C18H22N6O3/c1-11(2)15-9-13(22-26-15)10-24(4)18(25)20-12(3)17-21-16(23-27-17)14-7-5-6-8-19-14/h5-9,11-12H,10H2,1-4H3,(H,20,25)/t12-/m1/s1. The summed E-state index contributed by atoms with van der Waals surface area (Å²) in [7, 11) is 1.68. The van der Waals surface area contributed by atoms with Crippen molar-refractivity contribution >= 4 is 6.03 Å². The second kappa shape index (κ2) is 7.98. The third-order valence-corrected chi connectivity index (χ3v) is 3.94. The molecule has 142 valence electrons. The van der Waals surface area contributed by atoms with E-state index >= 15 is 0 Å². The van der Waals surface area contributed by atoms with Crippen molar-refractivity contribution in [2.75, 3.05) is 7.05 Å². The lowest BCUT2D eigenvalue weighted by atomic mass is 10.1. The second-order valence-electron chi connectivity index (χ2n) is 6.57. The molecule has 0 saturated carbocycles. The van der Waals surface area contributed by atoms with Crippen LogP contribution in [0, 0.1) is 0 Å². The van der Waals surface area contributed by atoms with Crippen molar-refractivity contribution in [3.63, 3.8) is 0 Å². The van der Waals surface area contributed by atoms with Gasteiger partial charge in [-0.2, -0.15) is 4.98 Å². The summed E-state index contributed by atoms with van der Waals surface area (Å²) in [4.78, 5) is 22.4. The summed E-state index contributed by atoms with van der Waals surface area (Å²) in [5.74, 6) is 1.72. The van der Waals surface area contributed by atoms with Crippen molar-refractivity contribution in [1.82, 2.24) is 30.5 Å². The highest BCUT2D eigenvalue weighted by molar-refractivity contribution is 5.74. The summed E-state index contributed by atoms with van der Waals surface area (Å²) < 4.78 is 10.5. The Kier molecular flexibility index (Phi) is 5.49. The van der Waals surface area contributed by atoms with Gasteiger partial charge in [-0.3, -0.25) is 4.98 Å². The van der Waals surface area contributed by atoms with Crippen LogP contribution in [0.15, 0.2) is 39.5 Å². The molecular formula is C18H22N6O3. The first-order valence-corrected chi connectivity index (χ1v) is 8.66. The van der Waals surface area contributed by atoms with Crippen LogP contribution in [0.3, 0.4) is 0 Å². The molecule has 27 heavy (non-hydrogen) atoms. The Morgan fingerprint density at radius 1 is 1.22 bits per heavy atom. The molecule has 1 atom stereocenters. The van der Waals surface area contributed by atoms with Crippen molar-refractivity contribution < 1.29 is 13.8 Å². The Labute approximate surface area is 156 Å². The van der Waals surface area contributed by atoms with E-state index in [0.29, 0.717) is 29.6 Å². The van der Waals surface area contributed by atoms with E-state index in [-0.39, 0.29) is 11.9 Å². The van der Waals surface area contributed by atoms with Gasteiger partial charge < -0.3 is 19.3 Å². The molecule has 3 aromatic heterocycles. The van der Waals surface area contributed by atoms with Crippen LogP contribution in [0.25, 0.3) is 11.5 Å². The second-order valence-corrected chi connectivity index (χ2v) is 6.57. The highest BCUT2D eigenvalue weighted by Crippen LogP contribution is 2.18. The lowest BCUT2D eigenvalue weighted by Gasteiger charge is -2.18. The first kappa shape index (κ1) is 18.6. The van der Waals surface area contributed by atoms with Crippen LogP contribution >= 0.6 is 0 Å². The molecular weight excluding hydrogens is 348 g/mol. The van der Waals surface area contributed by atoms with Gasteiger partial charge in [0, 0.05) is 25.2 Å². The molecule has 0 bridgehead atoms. The molecule has 0 spiro atoms. The van der Waals surface area contributed by atoms with Crippen molar-refractivity contribution in [2.45, 2.75) is 39.3 Å². The third-order valence-electron chi connectivity index (χ3n) is 3.94. The minimum Gasteiger partial charge on any atom is -0.361 e. The van der Waals surface area contributed by atoms with Gasteiger partial charge in [-0.25, -0.2) is 4.79 Å². The molecule has 9 heteroatoms. The third kappa shape index (κ3) is 4.49. The molecule has 0 fully saturated rings. The predicted octanol–water partition coefficient (Wildman–Crippen LogP) is 3.15. The van der Waals surface area contributed by atoms with Gasteiger partial charge >= 0.3 is 6.03 Å². The fourth-order valence-electron chi connectivity index (χ4n) is 2.36. The molecule has 0 aliphatic carbocycles. The summed E-state index contributed by atoms with van der Waals surface area (Å²) in [6, 6.07) is 6.56. The highest BCUT2D eigenvalue weighted by atomic mass is 16.5. The summed E-state index contributed by atoms with van der Waals surface area (Å²) >= 11 is 0. The molecule has 9 nitrogen and oxygen atoms in total. The van der Waals surface area contributed by atoms with E-state index in [1.807, 2.05) is 32.0 Å². The number of aromatic nitrogens is 4. The Hall–Kier alpha value is -3.23. The van der Waals surface area contributed by atoms with E-state index in [2.05, 4.69) is 25.6 Å². The number of carbonyl (C=O) groups is 1. The van der Waals surface area contributed by atoms with E-state index in [1.54, 1.807) is 26.2 Å². The largest absolute Gasteiger partial charge is 0.361 e. The Balaban J connectivity index is 1.59. The van der Waals surface area contributed by atoms with E-state index in [1.165, 1.54) is 4.90 Å². The average molecular weight is 370 g/mol. The molecule has 0 saturated heterocycles. The van der Waals surface area contributed by atoms with Gasteiger partial charge in [0.2, 0.25) is 11.7 Å². The summed E-state index contributed by atoms with van der Waals surface area (Å²) in [5, 5.41) is 10.7. The number of rotatable bonds is 6. The fourth-order valence-corrected chi connectivity index (χ4v) is 2.36. The number of nitrogens with one attached hydrogen (secondary N) is 1. The smallest absolute Gasteiger partial charge is 0.318 e. The number of amides is 2. The van der Waals surface area contributed by atoms with Crippen LogP contribution in [-0.4, -0.2) is 38.3 Å². The molecule has 0 aliphatic rings. The SMILES string of the molecule is CC(C)c1cc(CN(C)C(=O)N[C@H](C)c2nc(-c3ccccn3)no2)no1. The van der Waals surface area contributed by atoms with Gasteiger partial charge in [0.05, 0.1) is 6.54 Å². The molecule has 3 heterocycles. The highest BCUT2D eigenvalue weighted by Gasteiger charge is 2.20. The van der Waals surface area contributed by atoms with Gasteiger partial charge in [-0.15, -0.1) is 0 Å². The number of pyridine rings is 1. The van der Waals surface area contributed by atoms with Gasteiger partial charge in [0.15, 0.2) is 0 Å². The lowest BCUT2D eigenvalue weighted by molar-refractivity contribution is 0.199. The van der Waals surface area contributed by atoms with Crippen LogP contribution in [-0.2, 0) is 6.54 Å². The molecule has 3 aromatic rings. The Morgan fingerprint density at radius 2 is 2.04 bits per heavy atom. The number of hydrogen-bond donors (Lipinski definition) is 1. The van der Waals surface area contributed by atoms with Crippen molar-refractivity contribution in [3.05, 3.63) is 47.8 Å². The van der Waals surface area contributed by atoms with E-state index < -0.39 is 6.04 Å². The van der Waals surface area contributed by atoms with Crippen LogP contribution in [0.1, 0.15) is 50.1 Å². The van der Waals surface area contributed by atoms with Crippen molar-refractivity contribution in [1.29, 1.82) is 0 Å². The van der Waals surface area contributed by atoms with E-state index in [0.717, 1.165) is 5.76 Å². The molecule has 2 amide bonds. The van der Waals surface area contributed by atoms with E-state index in [9.17, 15) is 4.79 Å². The van der Waals surface area contributed by atoms with E-state index in [4.69, 9.17) is 9.05 Å². The molecule has 0 aromatic carbocycles. The molecule has 1 N–H and O–H groups in total. The topological polar surface area (TPSA) is 110 Å². The molecule has 3 rings (SSSR count). The molecule has 0 radical (unpaired) electrons. The number of urea groups is 1. The predicted molar refractivity (Wildman–Crippen MR) is 96.5 cm³/mol. The lowest BCUT2D eigenvalue weighted by Crippen LogP contribution is -2.38. The monoisotopic (exact) mass is 370 g/mol. The number of hydrogen-bond acceptors (Lipinski definition) is 7. The van der Waals surface area contributed by atoms with Gasteiger partial charge in [-0.05, 0) is 19.1 Å². The van der Waals surface area contributed by atoms with Gasteiger partial charge in [0.25, 0.3) is 0 Å². The zero-order chi connectivity index (χ0) is 19.4. The zero-order valence-electron chi connectivity index (χ0n) is 15.7. The first-order chi connectivity index (χ1) is 12.9. The zero-order valence-corrected chi connectivity index (χ0v) is 15.7. The van der Waals surface area contributed by atoms with Crippen LogP contribution < -0.4 is 5.32 Å². The quantitative estimate of drug-likeness (QED) is 0.709. The van der Waals surface area contributed by atoms with Crippen molar-refractivity contribution in [2.24, 2.45) is 0 Å². The van der Waals surface area contributed by atoms with Crippen LogP contribution in [0.4, 0.5) is 4.79 Å². The van der Waals surface area contributed by atoms with Crippen molar-refractivity contribution in [3.8, 4) is 11.5 Å². The van der Waals surface area contributed by atoms with Crippen LogP contribution in [0.5, 0.6) is 0 Å². The molecule has 0 unspecified atom stereocenters. The Bertz CT molecular complexity index is 889. The number of carbonyl (C=O) groups excluding carboxylic acids is 1. The Morgan fingerprint density at radius 3 is 2.70 bits per heavy atom. The van der Waals surface area contributed by atoms with Gasteiger partial charge in [-0.1, -0.05) is 30.2 Å². The minimum absolute atomic E-state index is 0.247. The number of nitrogens with zero attached hydrogens (tertiary/aromatic N) is 5. The minimum atomic E-state index is -0.451. The normalized spacial score (nSPS) is 12.2. The maximum absolute atomic E-state index is 12.4. The maximum atomic E-state index is 12.4. The molecule has 0 aliphatic heterocycles. The average Bonchev–Trinajstić information content (AvgIpc) is 3.32. The van der Waals surface area contributed by atoms with Gasteiger partial charge in [0.1, 0.15) is 23.2 Å². The first-order valence-electron chi connectivity index (χ1n) is 8.66. The summed E-state index contributed by atoms with van der Waals surface area (Å²) in [6.45, 7) is 6.14. The van der Waals surface area contributed by atoms with Crippen LogP contribution in [0.2, 0.25) is 0 Å². The summed E-state index contributed by atoms with van der Waals surface area (Å²) in [6.07, 6.45) is 1.65. The maximum Gasteiger partial charge on any atom is 0.318 e. The summed E-state index contributed by atoms with van der Waals surface area (Å²) in [5.41, 5.74) is 1.30.